The minimum Gasteiger partial charge on any atom is -0.482 e. The molecule has 21 heavy (non-hydrogen) atoms. The van der Waals surface area contributed by atoms with E-state index >= 15 is 0 Å². The molecule has 0 fully saturated rings. The second kappa shape index (κ2) is 7.33. The largest absolute Gasteiger partial charge is 0.482 e. The maximum absolute atomic E-state index is 11.9. The van der Waals surface area contributed by atoms with Gasteiger partial charge in [-0.05, 0) is 52.7 Å². The zero-order valence-electron chi connectivity index (χ0n) is 11.2. The number of rotatable bonds is 4. The number of hydrogen-bond acceptors (Lipinski definition) is 3. The topological polar surface area (TPSA) is 38.3 Å². The Morgan fingerprint density at radius 2 is 2.00 bits per heavy atom. The molecule has 0 radical (unpaired) electrons. The number of anilines is 1. The maximum Gasteiger partial charge on any atom is 0.262 e. The number of thiol groups is 1. The van der Waals surface area contributed by atoms with Crippen LogP contribution in [0.15, 0.2) is 50.2 Å². The first-order valence-electron chi connectivity index (χ1n) is 6.13. The minimum atomic E-state index is -0.231. The van der Waals surface area contributed by atoms with Crippen LogP contribution in [0.5, 0.6) is 5.75 Å². The molecule has 0 unspecified atom stereocenters. The van der Waals surface area contributed by atoms with Gasteiger partial charge in [0.2, 0.25) is 0 Å². The van der Waals surface area contributed by atoms with E-state index in [-0.39, 0.29) is 12.5 Å². The number of carbonyl (C=O) groups is 1. The van der Waals surface area contributed by atoms with Crippen LogP contribution in [0.25, 0.3) is 0 Å². The molecule has 0 saturated heterocycles. The number of halogens is 2. The molecule has 6 heteroatoms. The zero-order chi connectivity index (χ0) is 15.4. The van der Waals surface area contributed by atoms with Crippen molar-refractivity contribution in [3.63, 3.8) is 0 Å². The SMILES string of the molecule is Cc1cc(Br)cc(Br)c1OCC(=O)Nc1ccccc1S. The molecule has 2 aromatic carbocycles. The van der Waals surface area contributed by atoms with Gasteiger partial charge in [-0.1, -0.05) is 28.1 Å². The highest BCUT2D eigenvalue weighted by Crippen LogP contribution is 2.32. The summed E-state index contributed by atoms with van der Waals surface area (Å²) in [5, 5.41) is 2.77. The van der Waals surface area contributed by atoms with E-state index in [4.69, 9.17) is 4.74 Å². The summed E-state index contributed by atoms with van der Waals surface area (Å²) in [7, 11) is 0. The molecule has 2 aromatic rings. The molecule has 0 heterocycles. The molecular formula is C15H13Br2NO2S. The van der Waals surface area contributed by atoms with Crippen molar-refractivity contribution >= 4 is 56.1 Å². The normalized spacial score (nSPS) is 10.3. The summed E-state index contributed by atoms with van der Waals surface area (Å²) in [4.78, 5) is 12.6. The number of hydrogen-bond donors (Lipinski definition) is 2. The van der Waals surface area contributed by atoms with Crippen molar-refractivity contribution in [1.29, 1.82) is 0 Å². The van der Waals surface area contributed by atoms with Gasteiger partial charge in [0, 0.05) is 9.37 Å². The maximum atomic E-state index is 11.9. The van der Waals surface area contributed by atoms with E-state index in [1.54, 1.807) is 6.07 Å². The molecule has 3 nitrogen and oxygen atoms in total. The van der Waals surface area contributed by atoms with Crippen molar-refractivity contribution in [1.82, 2.24) is 0 Å². The predicted molar refractivity (Wildman–Crippen MR) is 94.4 cm³/mol. The van der Waals surface area contributed by atoms with Crippen LogP contribution < -0.4 is 10.1 Å². The lowest BCUT2D eigenvalue weighted by molar-refractivity contribution is -0.118. The van der Waals surface area contributed by atoms with Gasteiger partial charge in [-0.3, -0.25) is 4.79 Å². The van der Waals surface area contributed by atoms with E-state index in [9.17, 15) is 4.79 Å². The van der Waals surface area contributed by atoms with Crippen LogP contribution in [0, 0.1) is 6.92 Å². The van der Waals surface area contributed by atoms with Crippen LogP contribution in [0.4, 0.5) is 5.69 Å². The van der Waals surface area contributed by atoms with Gasteiger partial charge in [0.15, 0.2) is 6.61 Å². The average molecular weight is 431 g/mol. The van der Waals surface area contributed by atoms with Crippen molar-refractivity contribution in [3.05, 3.63) is 50.9 Å². The molecular weight excluding hydrogens is 418 g/mol. The molecule has 2 rings (SSSR count). The summed E-state index contributed by atoms with van der Waals surface area (Å²) >= 11 is 11.1. The zero-order valence-corrected chi connectivity index (χ0v) is 15.3. The molecule has 0 aliphatic rings. The van der Waals surface area contributed by atoms with Gasteiger partial charge >= 0.3 is 0 Å². The van der Waals surface area contributed by atoms with Crippen LogP contribution in [0.3, 0.4) is 0 Å². The Bertz CT molecular complexity index is 653. The lowest BCUT2D eigenvalue weighted by Crippen LogP contribution is -2.20. The van der Waals surface area contributed by atoms with Gasteiger partial charge in [-0.15, -0.1) is 12.6 Å². The first kappa shape index (κ1) is 16.4. The summed E-state index contributed by atoms with van der Waals surface area (Å²) < 4.78 is 7.35. The Labute approximate surface area is 145 Å². The van der Waals surface area contributed by atoms with Crippen LogP contribution in [-0.2, 0) is 4.79 Å². The fourth-order valence-electron chi connectivity index (χ4n) is 1.78. The summed E-state index contributed by atoms with van der Waals surface area (Å²) in [6.45, 7) is 1.86. The summed E-state index contributed by atoms with van der Waals surface area (Å²) in [6, 6.07) is 11.1. The van der Waals surface area contributed by atoms with Crippen molar-refractivity contribution < 1.29 is 9.53 Å². The molecule has 0 saturated carbocycles. The number of ether oxygens (including phenoxy) is 1. The first-order valence-corrected chi connectivity index (χ1v) is 8.17. The summed E-state index contributed by atoms with van der Waals surface area (Å²) in [6.07, 6.45) is 0. The monoisotopic (exact) mass is 429 g/mol. The van der Waals surface area contributed by atoms with Crippen molar-refractivity contribution in [2.45, 2.75) is 11.8 Å². The highest BCUT2D eigenvalue weighted by molar-refractivity contribution is 9.11. The fraction of sp³-hybridized carbons (Fsp3) is 0.133. The molecule has 0 aliphatic carbocycles. The predicted octanol–water partition coefficient (Wildman–Crippen LogP) is 4.83. The highest BCUT2D eigenvalue weighted by Gasteiger charge is 2.10. The number of aryl methyl sites for hydroxylation is 1. The van der Waals surface area contributed by atoms with Crippen LogP contribution >= 0.6 is 44.5 Å². The highest BCUT2D eigenvalue weighted by atomic mass is 79.9. The summed E-state index contributed by atoms with van der Waals surface area (Å²) in [5.41, 5.74) is 1.61. The molecule has 110 valence electrons. The van der Waals surface area contributed by atoms with Gasteiger partial charge in [0.05, 0.1) is 10.2 Å². The van der Waals surface area contributed by atoms with Crippen molar-refractivity contribution in [2.24, 2.45) is 0 Å². The third-order valence-electron chi connectivity index (χ3n) is 2.72. The quantitative estimate of drug-likeness (QED) is 0.682. The number of carbonyl (C=O) groups excluding carboxylic acids is 1. The number of nitrogens with one attached hydrogen (secondary N) is 1. The minimum absolute atomic E-state index is 0.0663. The average Bonchev–Trinajstić information content (AvgIpc) is 2.40. The molecule has 0 bridgehead atoms. The van der Waals surface area contributed by atoms with Gasteiger partial charge in [0.25, 0.3) is 5.91 Å². The van der Waals surface area contributed by atoms with Crippen LogP contribution in [0.2, 0.25) is 0 Å². The van der Waals surface area contributed by atoms with Gasteiger partial charge in [-0.25, -0.2) is 0 Å². The van der Waals surface area contributed by atoms with E-state index in [0.717, 1.165) is 14.5 Å². The van der Waals surface area contributed by atoms with E-state index in [2.05, 4.69) is 49.8 Å². The third kappa shape index (κ3) is 4.49. The molecule has 0 aliphatic heterocycles. The molecule has 0 aromatic heterocycles. The van der Waals surface area contributed by atoms with Gasteiger partial charge in [-0.2, -0.15) is 0 Å². The smallest absolute Gasteiger partial charge is 0.262 e. The standard InChI is InChI=1S/C15H13Br2NO2S/c1-9-6-10(16)7-11(17)15(9)20-8-14(19)18-12-4-2-3-5-13(12)21/h2-7,21H,8H2,1H3,(H,18,19). The van der Waals surface area contributed by atoms with Gasteiger partial charge in [0.1, 0.15) is 5.75 Å². The molecule has 1 amide bonds. The third-order valence-corrected chi connectivity index (χ3v) is 4.16. The van der Waals surface area contributed by atoms with Crippen molar-refractivity contribution in [2.75, 3.05) is 11.9 Å². The Balaban J connectivity index is 2.01. The van der Waals surface area contributed by atoms with E-state index in [1.807, 2.05) is 37.3 Å². The second-order valence-corrected chi connectivity index (χ2v) is 6.64. The van der Waals surface area contributed by atoms with E-state index < -0.39 is 0 Å². The second-order valence-electron chi connectivity index (χ2n) is 4.39. The van der Waals surface area contributed by atoms with Crippen LogP contribution in [-0.4, -0.2) is 12.5 Å². The Morgan fingerprint density at radius 3 is 2.67 bits per heavy atom. The van der Waals surface area contributed by atoms with Crippen LogP contribution in [0.1, 0.15) is 5.56 Å². The number of amides is 1. The molecule has 1 N–H and O–H groups in total. The number of benzene rings is 2. The summed E-state index contributed by atoms with van der Waals surface area (Å²) in [5.74, 6) is 0.429. The first-order chi connectivity index (χ1) is 9.97. The lowest BCUT2D eigenvalue weighted by atomic mass is 10.2. The van der Waals surface area contributed by atoms with E-state index in [0.29, 0.717) is 16.3 Å². The van der Waals surface area contributed by atoms with Crippen molar-refractivity contribution in [3.8, 4) is 5.75 Å². The van der Waals surface area contributed by atoms with E-state index in [1.165, 1.54) is 0 Å². The Kier molecular flexibility index (Phi) is 5.72. The Hall–Kier alpha value is -0.980. The van der Waals surface area contributed by atoms with Gasteiger partial charge < -0.3 is 10.1 Å². The Morgan fingerprint density at radius 1 is 1.29 bits per heavy atom. The lowest BCUT2D eigenvalue weighted by Gasteiger charge is -2.12. The molecule has 0 spiro atoms. The molecule has 0 atom stereocenters. The number of para-hydroxylation sites is 1. The fourth-order valence-corrected chi connectivity index (χ4v) is 3.54.